The van der Waals surface area contributed by atoms with Gasteiger partial charge in [-0.15, -0.1) is 0 Å². The number of para-hydroxylation sites is 1. The highest BCUT2D eigenvalue weighted by Crippen LogP contribution is 2.16. The summed E-state index contributed by atoms with van der Waals surface area (Å²) in [6, 6.07) is 18.9. The standard InChI is InChI=1S/C17H17N2/c1-19(2)17-12-15(13-8-4-3-5-9-13)14-10-6-7-11-16(14)18-17/h3-11H,12H2,1-2H3/q+1. The van der Waals surface area contributed by atoms with E-state index in [0.29, 0.717) is 0 Å². The molecule has 2 aromatic rings. The van der Waals surface area contributed by atoms with Gasteiger partial charge in [0.1, 0.15) is 0 Å². The number of amidine groups is 1. The molecule has 1 aliphatic heterocycles. The van der Waals surface area contributed by atoms with Crippen LogP contribution in [0.3, 0.4) is 0 Å². The van der Waals surface area contributed by atoms with Gasteiger partial charge in [0.15, 0.2) is 5.36 Å². The molecule has 3 rings (SSSR count). The lowest BCUT2D eigenvalue weighted by Gasteiger charge is -2.09. The molecule has 0 atom stereocenters. The van der Waals surface area contributed by atoms with Gasteiger partial charge in [-0.2, -0.15) is 0 Å². The topological polar surface area (TPSA) is 15.4 Å². The molecule has 0 aliphatic carbocycles. The van der Waals surface area contributed by atoms with Crippen LogP contribution in [0, 0.1) is 0 Å². The summed E-state index contributed by atoms with van der Waals surface area (Å²) in [4.78, 5) is 4.74. The third-order valence-electron chi connectivity index (χ3n) is 3.45. The molecular weight excluding hydrogens is 232 g/mol. The van der Waals surface area contributed by atoms with Gasteiger partial charge in [-0.3, -0.25) is 4.58 Å². The van der Waals surface area contributed by atoms with Crippen LogP contribution in [0.1, 0.15) is 12.0 Å². The maximum Gasteiger partial charge on any atom is 0.298 e. The first-order valence-electron chi connectivity index (χ1n) is 6.51. The molecule has 0 bridgehead atoms. The number of nitrogens with zero attached hydrogens (tertiary/aromatic N) is 2. The average molecular weight is 249 g/mol. The van der Waals surface area contributed by atoms with E-state index in [2.05, 4.69) is 67.2 Å². The number of hydrogen-bond donors (Lipinski definition) is 0. The Hall–Kier alpha value is -2.22. The van der Waals surface area contributed by atoms with E-state index in [0.717, 1.165) is 17.6 Å². The van der Waals surface area contributed by atoms with Crippen molar-refractivity contribution in [1.82, 2.24) is 0 Å². The highest BCUT2D eigenvalue weighted by Gasteiger charge is 2.19. The Morgan fingerprint density at radius 3 is 2.32 bits per heavy atom. The molecule has 94 valence electrons. The van der Waals surface area contributed by atoms with E-state index in [4.69, 9.17) is 4.99 Å². The number of hydrogen-bond acceptors (Lipinski definition) is 0. The van der Waals surface area contributed by atoms with Crippen molar-refractivity contribution in [2.24, 2.45) is 4.99 Å². The van der Waals surface area contributed by atoms with Gasteiger partial charge >= 0.3 is 0 Å². The third-order valence-corrected chi connectivity index (χ3v) is 3.45. The molecule has 0 aromatic heterocycles. The van der Waals surface area contributed by atoms with Crippen LogP contribution in [0.25, 0.3) is 5.57 Å². The third kappa shape index (κ3) is 2.22. The Bertz CT molecular complexity index is 751. The van der Waals surface area contributed by atoms with Crippen molar-refractivity contribution in [3.05, 3.63) is 70.7 Å². The summed E-state index contributed by atoms with van der Waals surface area (Å²) >= 11 is 0. The fourth-order valence-corrected chi connectivity index (χ4v) is 2.41. The summed E-state index contributed by atoms with van der Waals surface area (Å²) in [6.45, 7) is 0. The van der Waals surface area contributed by atoms with Crippen LogP contribution < -0.4 is 10.6 Å². The maximum absolute atomic E-state index is 4.74. The Morgan fingerprint density at radius 2 is 1.58 bits per heavy atom. The van der Waals surface area contributed by atoms with E-state index >= 15 is 0 Å². The Morgan fingerprint density at radius 1 is 0.895 bits per heavy atom. The van der Waals surface area contributed by atoms with Gasteiger partial charge in [-0.05, 0) is 22.2 Å². The minimum Gasteiger partial charge on any atom is -0.267 e. The molecule has 1 heterocycles. The Labute approximate surface area is 113 Å². The quantitative estimate of drug-likeness (QED) is 0.682. The molecule has 0 radical (unpaired) electrons. The summed E-state index contributed by atoms with van der Waals surface area (Å²) in [5.74, 6) is 1.11. The van der Waals surface area contributed by atoms with Crippen LogP contribution in [-0.2, 0) is 0 Å². The molecule has 0 saturated heterocycles. The van der Waals surface area contributed by atoms with Crippen molar-refractivity contribution < 1.29 is 4.58 Å². The number of fused-ring (bicyclic) bond motifs is 1. The number of rotatable bonds is 1. The lowest BCUT2D eigenvalue weighted by atomic mass is 9.97. The first-order valence-corrected chi connectivity index (χ1v) is 6.51. The molecule has 0 saturated carbocycles. The van der Waals surface area contributed by atoms with Gasteiger partial charge in [-0.1, -0.05) is 48.5 Å². The fraction of sp³-hybridized carbons (Fsp3) is 0.176. The van der Waals surface area contributed by atoms with Gasteiger partial charge < -0.3 is 0 Å². The van der Waals surface area contributed by atoms with Crippen molar-refractivity contribution in [3.8, 4) is 0 Å². The first kappa shape index (κ1) is 11.8. The molecule has 1 aliphatic rings. The zero-order valence-corrected chi connectivity index (χ0v) is 11.3. The van der Waals surface area contributed by atoms with E-state index < -0.39 is 0 Å². The smallest absolute Gasteiger partial charge is 0.267 e. The molecular formula is C17H17N2+. The van der Waals surface area contributed by atoms with Crippen molar-refractivity contribution in [2.45, 2.75) is 6.42 Å². The molecule has 0 spiro atoms. The van der Waals surface area contributed by atoms with Crippen LogP contribution in [0.4, 0.5) is 0 Å². The van der Waals surface area contributed by atoms with E-state index in [-0.39, 0.29) is 0 Å². The van der Waals surface area contributed by atoms with Gasteiger partial charge in [0.05, 0.1) is 20.5 Å². The molecule has 0 fully saturated rings. The minimum atomic E-state index is 0.883. The van der Waals surface area contributed by atoms with Gasteiger partial charge in [-0.25, -0.2) is 0 Å². The highest BCUT2D eigenvalue weighted by molar-refractivity contribution is 5.91. The van der Waals surface area contributed by atoms with Crippen LogP contribution in [0.2, 0.25) is 0 Å². The first-order chi connectivity index (χ1) is 9.25. The molecule has 0 unspecified atom stereocenters. The van der Waals surface area contributed by atoms with Gasteiger partial charge in [0.25, 0.3) is 5.84 Å². The van der Waals surface area contributed by atoms with Crippen molar-refractivity contribution in [1.29, 1.82) is 0 Å². The van der Waals surface area contributed by atoms with Crippen molar-refractivity contribution >= 4 is 11.4 Å². The monoisotopic (exact) mass is 249 g/mol. The summed E-state index contributed by atoms with van der Waals surface area (Å²) < 4.78 is 2.10. The highest BCUT2D eigenvalue weighted by atomic mass is 15.0. The zero-order chi connectivity index (χ0) is 13.2. The Balaban J connectivity index is 2.34. The molecule has 2 heteroatoms. The molecule has 19 heavy (non-hydrogen) atoms. The summed E-state index contributed by atoms with van der Waals surface area (Å²) in [6.07, 6.45) is 0.883. The van der Waals surface area contributed by atoms with E-state index in [1.807, 2.05) is 6.07 Å². The molecule has 0 N–H and O–H groups in total. The van der Waals surface area contributed by atoms with E-state index in [1.165, 1.54) is 16.4 Å². The van der Waals surface area contributed by atoms with E-state index in [1.54, 1.807) is 0 Å². The predicted octanol–water partition coefficient (Wildman–Crippen LogP) is 1.58. The summed E-state index contributed by atoms with van der Waals surface area (Å²) in [5.41, 5.74) is 2.64. The average Bonchev–Trinajstić information content (AvgIpc) is 2.47. The Kier molecular flexibility index (Phi) is 3.00. The van der Waals surface area contributed by atoms with Crippen LogP contribution in [0.5, 0.6) is 0 Å². The zero-order valence-electron chi connectivity index (χ0n) is 11.3. The summed E-state index contributed by atoms with van der Waals surface area (Å²) in [5, 5.41) is 2.32. The lowest BCUT2D eigenvalue weighted by Crippen LogP contribution is -2.34. The largest absolute Gasteiger partial charge is 0.298 e. The minimum absolute atomic E-state index is 0.883. The predicted molar refractivity (Wildman–Crippen MR) is 77.9 cm³/mol. The second-order valence-corrected chi connectivity index (χ2v) is 4.96. The summed E-state index contributed by atoms with van der Waals surface area (Å²) in [7, 11) is 4.10. The lowest BCUT2D eigenvalue weighted by molar-refractivity contribution is -0.466. The van der Waals surface area contributed by atoms with Gasteiger partial charge in [0.2, 0.25) is 0 Å². The second kappa shape index (κ2) is 4.81. The van der Waals surface area contributed by atoms with Gasteiger partial charge in [0, 0.05) is 5.22 Å². The maximum atomic E-state index is 4.74. The number of benzene rings is 2. The molecule has 2 nitrogen and oxygen atoms in total. The van der Waals surface area contributed by atoms with Crippen LogP contribution in [0.15, 0.2) is 59.6 Å². The normalized spacial score (nSPS) is 13.8. The molecule has 0 amide bonds. The fourth-order valence-electron chi connectivity index (χ4n) is 2.41. The van der Waals surface area contributed by atoms with Crippen LogP contribution in [-0.4, -0.2) is 24.5 Å². The molecule has 2 aromatic carbocycles. The SMILES string of the molecule is C[N+](C)=C1CC(c2ccccc2)=c2ccccc2=N1. The van der Waals surface area contributed by atoms with E-state index in [9.17, 15) is 0 Å². The van der Waals surface area contributed by atoms with Crippen LogP contribution >= 0.6 is 0 Å². The van der Waals surface area contributed by atoms with Crippen molar-refractivity contribution in [3.63, 3.8) is 0 Å². The van der Waals surface area contributed by atoms with Crippen molar-refractivity contribution in [2.75, 3.05) is 14.1 Å². The second-order valence-electron chi connectivity index (χ2n) is 4.96.